The van der Waals surface area contributed by atoms with E-state index in [1.807, 2.05) is 182 Å². The van der Waals surface area contributed by atoms with Gasteiger partial charge in [-0.2, -0.15) is 79.0 Å². The van der Waals surface area contributed by atoms with E-state index in [4.69, 9.17) is 15.1 Å². The van der Waals surface area contributed by atoms with Crippen LogP contribution < -0.4 is 15.1 Å². The molecule has 0 bridgehead atoms. The van der Waals surface area contributed by atoms with Crippen molar-refractivity contribution in [3.8, 4) is 33.4 Å². The quantitative estimate of drug-likeness (QED) is 0.0530. The fraction of sp³-hybridized carbons (Fsp3) is 0.0741. The minimum Gasteiger partial charge on any atom is -0.907 e. The number of alkyl halides is 18. The zero-order valence-electron chi connectivity index (χ0n) is 53.1. The summed E-state index contributed by atoms with van der Waals surface area (Å²) in [7, 11) is -2.92. The Morgan fingerprint density at radius 2 is 0.330 bits per heavy atom. The molecular formula is C81H51BF18O3. The van der Waals surface area contributed by atoms with Crippen LogP contribution in [0.5, 0.6) is 0 Å². The molecule has 0 aromatic heterocycles. The molecule has 12 rings (SSSR count). The van der Waals surface area contributed by atoms with E-state index in [0.29, 0.717) is 34.4 Å². The highest BCUT2D eigenvalue weighted by molar-refractivity contribution is 6.24. The number of hydrogen-bond donors (Lipinski definition) is 0. The van der Waals surface area contributed by atoms with Gasteiger partial charge in [-0.25, -0.2) is 0 Å². The van der Waals surface area contributed by atoms with Crippen LogP contribution in [0.4, 0.5) is 79.0 Å². The van der Waals surface area contributed by atoms with Gasteiger partial charge in [-0.05, 0) is 255 Å². The molecule has 0 saturated heterocycles. The van der Waals surface area contributed by atoms with Crippen LogP contribution in [0.25, 0.3) is 33.4 Å². The van der Waals surface area contributed by atoms with Gasteiger partial charge in [0, 0.05) is 33.4 Å². The Bertz CT molecular complexity index is 4010. The van der Waals surface area contributed by atoms with E-state index in [0.717, 1.165) is 69.8 Å². The summed E-state index contributed by atoms with van der Waals surface area (Å²) < 4.78 is 242. The molecule has 22 heteroatoms. The molecule has 3 nitrogen and oxygen atoms in total. The highest BCUT2D eigenvalue weighted by Gasteiger charge is 2.42. The molecule has 0 spiro atoms. The van der Waals surface area contributed by atoms with Crippen molar-refractivity contribution in [2.45, 2.75) is 37.1 Å². The van der Waals surface area contributed by atoms with E-state index >= 15 is 0 Å². The summed E-state index contributed by atoms with van der Waals surface area (Å²) in [4.78, 5) is 0. The van der Waals surface area contributed by atoms with Crippen LogP contribution in [-0.2, 0) is 37.1 Å². The third-order valence-electron chi connectivity index (χ3n) is 15.7. The molecule has 0 N–H and O–H groups in total. The first-order valence-corrected chi connectivity index (χ1v) is 30.8. The van der Waals surface area contributed by atoms with E-state index in [1.165, 1.54) is 18.2 Å². The maximum absolute atomic E-state index is 13.5. The van der Waals surface area contributed by atoms with Gasteiger partial charge in [0.2, 0.25) is 0 Å². The van der Waals surface area contributed by atoms with Gasteiger partial charge < -0.3 is 15.1 Å². The smallest absolute Gasteiger partial charge is 0.416 e. The van der Waals surface area contributed by atoms with E-state index < -0.39 is 77.8 Å². The van der Waals surface area contributed by atoms with Crippen molar-refractivity contribution in [3.05, 3.63) is 411 Å². The maximum atomic E-state index is 13.5. The average molecular weight is 1430 g/mol. The summed E-state index contributed by atoms with van der Waals surface area (Å²) in [5.74, 6) is 2.12. The summed E-state index contributed by atoms with van der Waals surface area (Å²) in [6, 6.07) is 79.8. The second kappa shape index (κ2) is 32.3. The fourth-order valence-electron chi connectivity index (χ4n) is 11.3. The van der Waals surface area contributed by atoms with Crippen molar-refractivity contribution in [2.75, 3.05) is 0 Å². The monoisotopic (exact) mass is 1420 g/mol. The third kappa shape index (κ3) is 19.9. The Morgan fingerprint density at radius 1 is 0.194 bits per heavy atom. The Morgan fingerprint density at radius 3 is 0.476 bits per heavy atom. The third-order valence-corrected chi connectivity index (χ3v) is 15.7. The van der Waals surface area contributed by atoms with Crippen LogP contribution in [0.2, 0.25) is 0 Å². The largest absolute Gasteiger partial charge is 0.907 e. The van der Waals surface area contributed by atoms with Gasteiger partial charge in [0.25, 0.3) is 0 Å². The Balaban J connectivity index is 0.000000175. The summed E-state index contributed by atoms with van der Waals surface area (Å²) in [6.45, 7) is 0. The van der Waals surface area contributed by atoms with Gasteiger partial charge in [-0.3, -0.25) is 7.32 Å². The Hall–Kier alpha value is -11.1. The minimum atomic E-state index is -4.92. The van der Waals surface area contributed by atoms with Gasteiger partial charge in [0.15, 0.2) is 0 Å². The summed E-state index contributed by atoms with van der Waals surface area (Å²) in [5, 5.41) is 25.2. The van der Waals surface area contributed by atoms with Crippen LogP contribution in [-0.4, -0.2) is 7.32 Å². The highest BCUT2D eigenvalue weighted by atomic mass is 19.4. The Labute approximate surface area is 580 Å². The van der Waals surface area contributed by atoms with Crippen LogP contribution in [0.1, 0.15) is 83.5 Å². The predicted molar refractivity (Wildman–Crippen MR) is 352 cm³/mol. The highest BCUT2D eigenvalue weighted by Crippen LogP contribution is 2.47. The first-order valence-electron chi connectivity index (χ1n) is 30.8. The predicted octanol–water partition coefficient (Wildman–Crippen LogP) is 21.3. The van der Waals surface area contributed by atoms with Gasteiger partial charge in [0.05, 0.1) is 101 Å². The molecule has 0 amide bonds. The average Bonchev–Trinajstić information content (AvgIpc) is 0.782. The topological polar surface area (TPSA) is 69.2 Å². The first kappa shape index (κ1) is 76.1. The molecule has 0 aliphatic rings. The summed E-state index contributed by atoms with van der Waals surface area (Å²) in [6.07, 6.45) is -29.5. The second-order valence-electron chi connectivity index (χ2n) is 22.6. The molecule has 522 valence electrons. The van der Waals surface area contributed by atoms with Gasteiger partial charge in [-0.1, -0.05) is 54.6 Å². The van der Waals surface area contributed by atoms with E-state index in [1.54, 1.807) is 54.6 Å². The van der Waals surface area contributed by atoms with E-state index in [9.17, 15) is 79.0 Å². The summed E-state index contributed by atoms with van der Waals surface area (Å²) >= 11 is 0. The molecule has 12 aromatic carbocycles. The normalized spacial score (nSPS) is 11.7. The van der Waals surface area contributed by atoms with Crippen LogP contribution in [0.15, 0.2) is 309 Å². The van der Waals surface area contributed by atoms with Crippen molar-refractivity contribution >= 4 is 7.32 Å². The standard InChI is InChI=1S/3C27H17F6.BO3/c3*28-26(29,30)21-15-20(16-22(17-21)27(31,32)33)23-13-7-8-14-24(23)25(18-9-3-1-4-10-18)19-11-5-2-6-12-19;2-1(3)4/h3*1-17H;/q3*+1;-3. The van der Waals surface area contributed by atoms with Crippen LogP contribution in [0.3, 0.4) is 0 Å². The zero-order valence-corrected chi connectivity index (χ0v) is 53.1. The second-order valence-corrected chi connectivity index (χ2v) is 22.6. The van der Waals surface area contributed by atoms with Crippen molar-refractivity contribution < 1.29 is 94.1 Å². The molecule has 0 fully saturated rings. The van der Waals surface area contributed by atoms with Crippen molar-refractivity contribution in [1.82, 2.24) is 0 Å². The van der Waals surface area contributed by atoms with Crippen molar-refractivity contribution in [1.29, 1.82) is 0 Å². The molecule has 0 saturated carbocycles. The molecule has 0 heterocycles. The number of benzene rings is 12. The summed E-state index contributed by atoms with van der Waals surface area (Å²) in [5.41, 5.74) is -1.37. The molecule has 12 aromatic rings. The molecule has 0 aliphatic carbocycles. The maximum Gasteiger partial charge on any atom is 0.416 e. The van der Waals surface area contributed by atoms with Crippen molar-refractivity contribution in [2.24, 2.45) is 0 Å². The lowest BCUT2D eigenvalue weighted by Gasteiger charge is -2.35. The number of halogens is 18. The molecule has 103 heavy (non-hydrogen) atoms. The van der Waals surface area contributed by atoms with Crippen LogP contribution in [0, 0.1) is 17.8 Å². The number of hydrogen-bond acceptors (Lipinski definition) is 3. The SMILES string of the molecule is FC(F)(F)c1cc(-c2ccccc2[C+](c2ccccc2)c2ccccc2)cc(C(F)(F)F)c1.FC(F)(F)c1cc(-c2ccccc2[C+](c2ccccc2)c2ccccc2)cc(C(F)(F)F)c1.FC(F)(F)c1cc(-c2ccccc2[C+](c2ccccc2)c2ccccc2)cc(C(F)(F)F)c1.[O-]B([O-])[O-]. The minimum absolute atomic E-state index is 0.144. The first-order chi connectivity index (χ1) is 48.7. The molecule has 0 aliphatic heterocycles. The van der Waals surface area contributed by atoms with E-state index in [-0.39, 0.29) is 51.6 Å². The van der Waals surface area contributed by atoms with Crippen molar-refractivity contribution in [3.63, 3.8) is 0 Å². The van der Waals surface area contributed by atoms with Gasteiger partial charge >= 0.3 is 37.1 Å². The molecule has 0 radical (unpaired) electrons. The zero-order chi connectivity index (χ0) is 74.5. The lowest BCUT2D eigenvalue weighted by molar-refractivity contribution is -0.479. The molecular weight excluding hydrogens is 1370 g/mol. The molecule has 0 atom stereocenters. The van der Waals surface area contributed by atoms with Gasteiger partial charge in [0.1, 0.15) is 0 Å². The van der Waals surface area contributed by atoms with Crippen LogP contribution >= 0.6 is 0 Å². The number of rotatable bonds is 12. The lowest BCUT2D eigenvalue weighted by Crippen LogP contribution is -2.56. The van der Waals surface area contributed by atoms with E-state index in [2.05, 4.69) is 0 Å². The molecule has 0 unspecified atom stereocenters. The van der Waals surface area contributed by atoms with Gasteiger partial charge in [-0.15, -0.1) is 0 Å². The lowest BCUT2D eigenvalue weighted by atomic mass is 9.81. The fourth-order valence-corrected chi connectivity index (χ4v) is 11.3. The Kier molecular flexibility index (Phi) is 23.9.